The molecule has 120 valence electrons. The molecule has 0 atom stereocenters. The van der Waals surface area contributed by atoms with Crippen molar-refractivity contribution in [2.24, 2.45) is 0 Å². The molecular weight excluding hydrogens is 321 g/mol. The van der Waals surface area contributed by atoms with Gasteiger partial charge in [0.25, 0.3) is 0 Å². The minimum absolute atomic E-state index is 0.219. The van der Waals surface area contributed by atoms with Crippen LogP contribution in [0.3, 0.4) is 0 Å². The Morgan fingerprint density at radius 3 is 2.48 bits per heavy atom. The van der Waals surface area contributed by atoms with E-state index in [-0.39, 0.29) is 6.54 Å². The van der Waals surface area contributed by atoms with Crippen molar-refractivity contribution >= 4 is 34.9 Å². The molecule has 0 aliphatic carbocycles. The molecule has 0 saturated heterocycles. The Hall–Kier alpha value is -2.60. The van der Waals surface area contributed by atoms with Gasteiger partial charge in [-0.05, 0) is 48.9 Å². The highest BCUT2D eigenvalue weighted by molar-refractivity contribution is 6.31. The van der Waals surface area contributed by atoms with Gasteiger partial charge in [-0.25, -0.2) is 9.18 Å². The molecule has 0 aliphatic heterocycles. The van der Waals surface area contributed by atoms with E-state index in [1.807, 2.05) is 6.92 Å². The second kappa shape index (κ2) is 7.60. The molecule has 3 N–H and O–H groups in total. The Labute approximate surface area is 137 Å². The maximum absolute atomic E-state index is 12.8. The molecule has 0 aliphatic rings. The van der Waals surface area contributed by atoms with Gasteiger partial charge in [-0.1, -0.05) is 17.7 Å². The van der Waals surface area contributed by atoms with Gasteiger partial charge in [0.15, 0.2) is 0 Å². The molecule has 3 amide bonds. The standard InChI is InChI=1S/C16H15ClFN3O2/c1-10-2-3-11(17)8-14(10)21-16(23)19-9-15(22)20-13-6-4-12(18)5-7-13/h2-8H,9H2,1H3,(H,20,22)(H2,19,21,23). The van der Waals surface area contributed by atoms with E-state index < -0.39 is 17.8 Å². The Kier molecular flexibility index (Phi) is 5.54. The Bertz CT molecular complexity index is 720. The predicted octanol–water partition coefficient (Wildman–Crippen LogP) is 3.55. The summed E-state index contributed by atoms with van der Waals surface area (Å²) in [6.07, 6.45) is 0. The largest absolute Gasteiger partial charge is 0.329 e. The lowest BCUT2D eigenvalue weighted by Gasteiger charge is -2.10. The first-order chi connectivity index (χ1) is 10.9. The number of aryl methyl sites for hydroxylation is 1. The van der Waals surface area contributed by atoms with Crippen LogP contribution in [0.1, 0.15) is 5.56 Å². The average molecular weight is 336 g/mol. The predicted molar refractivity (Wildman–Crippen MR) is 88.2 cm³/mol. The highest BCUT2D eigenvalue weighted by atomic mass is 35.5. The van der Waals surface area contributed by atoms with E-state index in [1.165, 1.54) is 24.3 Å². The van der Waals surface area contributed by atoms with Crippen LogP contribution in [0.15, 0.2) is 42.5 Å². The number of rotatable bonds is 4. The average Bonchev–Trinajstić information content (AvgIpc) is 2.51. The van der Waals surface area contributed by atoms with Crippen molar-refractivity contribution in [3.63, 3.8) is 0 Å². The summed E-state index contributed by atoms with van der Waals surface area (Å²) >= 11 is 5.87. The van der Waals surface area contributed by atoms with Crippen LogP contribution in [-0.4, -0.2) is 18.5 Å². The lowest BCUT2D eigenvalue weighted by Crippen LogP contribution is -2.35. The van der Waals surface area contributed by atoms with E-state index in [0.717, 1.165) is 5.56 Å². The van der Waals surface area contributed by atoms with E-state index in [4.69, 9.17) is 11.6 Å². The van der Waals surface area contributed by atoms with Crippen LogP contribution < -0.4 is 16.0 Å². The summed E-state index contributed by atoms with van der Waals surface area (Å²) in [6, 6.07) is 9.93. The molecule has 0 aromatic heterocycles. The van der Waals surface area contributed by atoms with Gasteiger partial charge in [0.1, 0.15) is 5.82 Å². The zero-order valence-corrected chi connectivity index (χ0v) is 13.1. The second-order valence-corrected chi connectivity index (χ2v) is 5.26. The minimum atomic E-state index is -0.523. The molecule has 0 saturated carbocycles. The Balaban J connectivity index is 1.83. The first kappa shape index (κ1) is 16.8. The van der Waals surface area contributed by atoms with Crippen molar-refractivity contribution in [2.45, 2.75) is 6.92 Å². The summed E-state index contributed by atoms with van der Waals surface area (Å²) in [4.78, 5) is 23.5. The summed E-state index contributed by atoms with van der Waals surface area (Å²) in [5.41, 5.74) is 1.86. The van der Waals surface area contributed by atoms with Crippen molar-refractivity contribution in [1.82, 2.24) is 5.32 Å². The fourth-order valence-corrected chi connectivity index (χ4v) is 1.97. The molecule has 0 unspecified atom stereocenters. The quantitative estimate of drug-likeness (QED) is 0.799. The molecular formula is C16H15ClFN3O2. The number of hydrogen-bond donors (Lipinski definition) is 3. The molecule has 7 heteroatoms. The number of hydrogen-bond acceptors (Lipinski definition) is 2. The first-order valence-electron chi connectivity index (χ1n) is 6.80. The second-order valence-electron chi connectivity index (χ2n) is 4.82. The summed E-state index contributed by atoms with van der Waals surface area (Å²) < 4.78 is 12.8. The van der Waals surface area contributed by atoms with Crippen LogP contribution in [0.5, 0.6) is 0 Å². The molecule has 5 nitrogen and oxygen atoms in total. The minimum Gasteiger partial charge on any atom is -0.329 e. The number of anilines is 2. The van der Waals surface area contributed by atoms with E-state index >= 15 is 0 Å². The number of benzene rings is 2. The van der Waals surface area contributed by atoms with Crippen molar-refractivity contribution in [3.8, 4) is 0 Å². The number of carbonyl (C=O) groups excluding carboxylic acids is 2. The zero-order chi connectivity index (χ0) is 16.8. The van der Waals surface area contributed by atoms with Crippen molar-refractivity contribution in [2.75, 3.05) is 17.2 Å². The van der Waals surface area contributed by atoms with Crippen LogP contribution in [0, 0.1) is 12.7 Å². The van der Waals surface area contributed by atoms with Crippen molar-refractivity contribution < 1.29 is 14.0 Å². The fraction of sp³-hybridized carbons (Fsp3) is 0.125. The van der Waals surface area contributed by atoms with Crippen molar-refractivity contribution in [1.29, 1.82) is 0 Å². The fourth-order valence-electron chi connectivity index (χ4n) is 1.79. The SMILES string of the molecule is Cc1ccc(Cl)cc1NC(=O)NCC(=O)Nc1ccc(F)cc1. The highest BCUT2D eigenvalue weighted by Gasteiger charge is 2.08. The molecule has 0 spiro atoms. The highest BCUT2D eigenvalue weighted by Crippen LogP contribution is 2.19. The number of amides is 3. The molecule has 0 heterocycles. The topological polar surface area (TPSA) is 70.2 Å². The van der Waals surface area contributed by atoms with E-state index in [9.17, 15) is 14.0 Å². The van der Waals surface area contributed by atoms with Gasteiger partial charge in [0, 0.05) is 16.4 Å². The number of nitrogens with one attached hydrogen (secondary N) is 3. The monoisotopic (exact) mass is 335 g/mol. The lowest BCUT2D eigenvalue weighted by atomic mass is 10.2. The summed E-state index contributed by atoms with van der Waals surface area (Å²) in [7, 11) is 0. The van der Waals surface area contributed by atoms with Gasteiger partial charge in [-0.15, -0.1) is 0 Å². The van der Waals surface area contributed by atoms with Crippen LogP contribution in [0.25, 0.3) is 0 Å². The van der Waals surface area contributed by atoms with Gasteiger partial charge >= 0.3 is 6.03 Å². The van der Waals surface area contributed by atoms with E-state index in [1.54, 1.807) is 18.2 Å². The van der Waals surface area contributed by atoms with Gasteiger partial charge in [0.05, 0.1) is 6.54 Å². The third kappa shape index (κ3) is 5.27. The molecule has 0 bridgehead atoms. The number of urea groups is 1. The van der Waals surface area contributed by atoms with Crippen LogP contribution in [-0.2, 0) is 4.79 Å². The third-order valence-electron chi connectivity index (χ3n) is 2.99. The summed E-state index contributed by atoms with van der Waals surface area (Å²) in [5, 5.41) is 8.08. The number of halogens is 2. The Morgan fingerprint density at radius 1 is 1.09 bits per heavy atom. The van der Waals surface area contributed by atoms with Crippen LogP contribution in [0.4, 0.5) is 20.6 Å². The zero-order valence-electron chi connectivity index (χ0n) is 12.3. The first-order valence-corrected chi connectivity index (χ1v) is 7.18. The molecule has 0 fully saturated rings. The molecule has 2 aromatic rings. The molecule has 0 radical (unpaired) electrons. The lowest BCUT2D eigenvalue weighted by molar-refractivity contribution is -0.115. The summed E-state index contributed by atoms with van der Waals surface area (Å²) in [5.74, 6) is -0.813. The number of carbonyl (C=O) groups is 2. The van der Waals surface area contributed by atoms with Gasteiger partial charge in [-0.3, -0.25) is 4.79 Å². The van der Waals surface area contributed by atoms with Crippen molar-refractivity contribution in [3.05, 3.63) is 58.9 Å². The summed E-state index contributed by atoms with van der Waals surface area (Å²) in [6.45, 7) is 1.61. The van der Waals surface area contributed by atoms with Gasteiger partial charge < -0.3 is 16.0 Å². The molecule has 2 aromatic carbocycles. The molecule has 2 rings (SSSR count). The van der Waals surface area contributed by atoms with E-state index in [0.29, 0.717) is 16.4 Å². The third-order valence-corrected chi connectivity index (χ3v) is 3.22. The smallest absolute Gasteiger partial charge is 0.319 e. The van der Waals surface area contributed by atoms with Gasteiger partial charge in [0.2, 0.25) is 5.91 Å². The van der Waals surface area contributed by atoms with Crippen LogP contribution in [0.2, 0.25) is 5.02 Å². The normalized spacial score (nSPS) is 10.0. The maximum Gasteiger partial charge on any atom is 0.319 e. The molecule has 23 heavy (non-hydrogen) atoms. The Morgan fingerprint density at radius 2 is 1.78 bits per heavy atom. The van der Waals surface area contributed by atoms with E-state index in [2.05, 4.69) is 16.0 Å². The maximum atomic E-state index is 12.8. The van der Waals surface area contributed by atoms with Gasteiger partial charge in [-0.2, -0.15) is 0 Å². The van der Waals surface area contributed by atoms with Crippen LogP contribution >= 0.6 is 11.6 Å².